The van der Waals surface area contributed by atoms with Crippen molar-refractivity contribution in [1.29, 1.82) is 0 Å². The summed E-state index contributed by atoms with van der Waals surface area (Å²) in [7, 11) is -3.39. The highest BCUT2D eigenvalue weighted by Crippen LogP contribution is 2.57. The Hall–Kier alpha value is -2.55. The van der Waals surface area contributed by atoms with Gasteiger partial charge in [-0.3, -0.25) is 9.52 Å². The van der Waals surface area contributed by atoms with Crippen LogP contribution in [0.15, 0.2) is 42.5 Å². The molecular weight excluding hydrogens is 441 g/mol. The van der Waals surface area contributed by atoms with Crippen molar-refractivity contribution in [2.24, 2.45) is 5.92 Å². The van der Waals surface area contributed by atoms with Crippen LogP contribution in [0.2, 0.25) is 0 Å². The van der Waals surface area contributed by atoms with Gasteiger partial charge in [0.05, 0.1) is 23.5 Å². The number of amides is 1. The van der Waals surface area contributed by atoms with Gasteiger partial charge in [-0.2, -0.15) is 13.2 Å². The monoisotopic (exact) mass is 468 g/mol. The molecule has 0 bridgehead atoms. The molecule has 5 nitrogen and oxygen atoms in total. The molecule has 0 aliphatic heterocycles. The Balaban J connectivity index is 1.70. The minimum Gasteiger partial charge on any atom is -0.349 e. The molecule has 1 aliphatic carbocycles. The zero-order chi connectivity index (χ0) is 23.9. The fraction of sp³-hybridized carbons (Fsp3) is 0.435. The van der Waals surface area contributed by atoms with E-state index in [0.29, 0.717) is 18.5 Å². The Morgan fingerprint density at radius 3 is 2.31 bits per heavy atom. The third-order valence-electron chi connectivity index (χ3n) is 6.21. The van der Waals surface area contributed by atoms with Crippen molar-refractivity contribution in [3.63, 3.8) is 0 Å². The molecule has 174 valence electrons. The van der Waals surface area contributed by atoms with Crippen molar-refractivity contribution in [2.45, 2.75) is 51.2 Å². The van der Waals surface area contributed by atoms with Crippen LogP contribution >= 0.6 is 0 Å². The molecule has 1 fully saturated rings. The van der Waals surface area contributed by atoms with Crippen molar-refractivity contribution in [1.82, 2.24) is 5.32 Å². The lowest BCUT2D eigenvalue weighted by molar-refractivity contribution is -0.137. The number of halogens is 3. The summed E-state index contributed by atoms with van der Waals surface area (Å²) >= 11 is 0. The maximum Gasteiger partial charge on any atom is 0.416 e. The number of benzene rings is 2. The van der Waals surface area contributed by atoms with Gasteiger partial charge in [0, 0.05) is 11.3 Å². The van der Waals surface area contributed by atoms with Gasteiger partial charge in [-0.1, -0.05) is 31.2 Å². The molecule has 2 N–H and O–H groups in total. The Kier molecular flexibility index (Phi) is 6.34. The molecule has 3 unspecified atom stereocenters. The standard InChI is InChI=1S/C23H27F3N2O3S/c1-5-22(17-7-9-18(10-8-17)23(24,25)26)13-19(22)21(29)27-15(3)16-6-11-20(14(2)12-16)28-32(4,30)31/h6-12,15,19,28H,5,13H2,1-4H3,(H,27,29). The molecule has 2 aromatic carbocycles. The highest BCUT2D eigenvalue weighted by atomic mass is 32.2. The molecule has 32 heavy (non-hydrogen) atoms. The summed E-state index contributed by atoms with van der Waals surface area (Å²) in [5.74, 6) is -0.450. The van der Waals surface area contributed by atoms with Crippen LogP contribution in [0.1, 0.15) is 55.0 Å². The minimum absolute atomic E-state index is 0.143. The second-order valence-corrected chi connectivity index (χ2v) is 10.3. The van der Waals surface area contributed by atoms with Crippen LogP contribution in [0.5, 0.6) is 0 Å². The first kappa shape index (κ1) is 24.1. The summed E-state index contributed by atoms with van der Waals surface area (Å²) in [6.07, 6.45) is -2.08. The maximum atomic E-state index is 12.9. The van der Waals surface area contributed by atoms with Gasteiger partial charge < -0.3 is 5.32 Å². The molecule has 0 radical (unpaired) electrons. The Bertz CT molecular complexity index is 1110. The molecule has 0 saturated heterocycles. The molecule has 1 saturated carbocycles. The number of nitrogens with one attached hydrogen (secondary N) is 2. The Morgan fingerprint density at radius 2 is 1.81 bits per heavy atom. The molecule has 0 heterocycles. The number of anilines is 1. The van der Waals surface area contributed by atoms with E-state index in [1.807, 2.05) is 19.9 Å². The summed E-state index contributed by atoms with van der Waals surface area (Å²) < 4.78 is 63.9. The summed E-state index contributed by atoms with van der Waals surface area (Å²) in [6, 6.07) is 9.99. The van der Waals surface area contributed by atoms with E-state index in [2.05, 4.69) is 10.0 Å². The normalized spacial score (nSPS) is 21.7. The van der Waals surface area contributed by atoms with Crippen LogP contribution in [0.25, 0.3) is 0 Å². The van der Waals surface area contributed by atoms with E-state index >= 15 is 0 Å². The minimum atomic E-state index is -4.39. The third-order valence-corrected chi connectivity index (χ3v) is 6.81. The predicted molar refractivity (Wildman–Crippen MR) is 118 cm³/mol. The molecule has 2 aromatic rings. The van der Waals surface area contributed by atoms with Crippen molar-refractivity contribution < 1.29 is 26.4 Å². The first-order valence-electron chi connectivity index (χ1n) is 10.3. The molecule has 1 amide bonds. The number of sulfonamides is 1. The SMILES string of the molecule is CCC1(c2ccc(C(F)(F)F)cc2)CC1C(=O)NC(C)c1ccc(NS(C)(=O)=O)c(C)c1. The Labute approximate surface area is 186 Å². The number of carbonyl (C=O) groups excluding carboxylic acids is 1. The smallest absolute Gasteiger partial charge is 0.349 e. The topological polar surface area (TPSA) is 75.3 Å². The predicted octanol–water partition coefficient (Wildman–Crippen LogP) is 4.93. The fourth-order valence-corrected chi connectivity index (χ4v) is 4.85. The molecule has 3 atom stereocenters. The number of hydrogen-bond donors (Lipinski definition) is 2. The highest BCUT2D eigenvalue weighted by Gasteiger charge is 2.57. The molecule has 9 heteroatoms. The number of rotatable bonds is 7. The zero-order valence-corrected chi connectivity index (χ0v) is 19.2. The van der Waals surface area contributed by atoms with Gasteiger partial charge in [0.15, 0.2) is 0 Å². The van der Waals surface area contributed by atoms with Crippen molar-refractivity contribution in [3.05, 3.63) is 64.7 Å². The van der Waals surface area contributed by atoms with E-state index < -0.39 is 27.2 Å². The summed E-state index contributed by atoms with van der Waals surface area (Å²) in [5.41, 5.74) is 1.62. The maximum absolute atomic E-state index is 12.9. The highest BCUT2D eigenvalue weighted by molar-refractivity contribution is 7.92. The second-order valence-electron chi connectivity index (χ2n) is 8.52. The van der Waals surface area contributed by atoms with E-state index in [0.717, 1.165) is 35.1 Å². The quantitative estimate of drug-likeness (QED) is 0.605. The van der Waals surface area contributed by atoms with Crippen LogP contribution < -0.4 is 10.0 Å². The molecule has 0 aromatic heterocycles. The zero-order valence-electron chi connectivity index (χ0n) is 18.4. The molecular formula is C23H27F3N2O3S. The first-order valence-corrected chi connectivity index (χ1v) is 12.2. The average Bonchev–Trinajstić information content (AvgIpc) is 3.44. The lowest BCUT2D eigenvalue weighted by Gasteiger charge is -2.20. The van der Waals surface area contributed by atoms with Crippen molar-refractivity contribution >= 4 is 21.6 Å². The van der Waals surface area contributed by atoms with Gasteiger partial charge in [0.25, 0.3) is 0 Å². The van der Waals surface area contributed by atoms with Gasteiger partial charge in [0.2, 0.25) is 15.9 Å². The van der Waals surface area contributed by atoms with Crippen LogP contribution in [0.3, 0.4) is 0 Å². The van der Waals surface area contributed by atoms with Gasteiger partial charge in [-0.25, -0.2) is 8.42 Å². The van der Waals surface area contributed by atoms with Gasteiger partial charge in [-0.05, 0) is 61.6 Å². The molecule has 0 spiro atoms. The third kappa shape index (κ3) is 5.09. The number of hydrogen-bond acceptors (Lipinski definition) is 3. The van der Waals surface area contributed by atoms with Crippen LogP contribution in [0, 0.1) is 12.8 Å². The number of aryl methyl sites for hydroxylation is 1. The fourth-order valence-electron chi connectivity index (χ4n) is 4.22. The molecule has 3 rings (SSSR count). The summed E-state index contributed by atoms with van der Waals surface area (Å²) in [4.78, 5) is 12.9. The van der Waals surface area contributed by atoms with Gasteiger partial charge >= 0.3 is 6.18 Å². The van der Waals surface area contributed by atoms with Gasteiger partial charge in [0.1, 0.15) is 0 Å². The van der Waals surface area contributed by atoms with E-state index in [9.17, 15) is 26.4 Å². The summed E-state index contributed by atoms with van der Waals surface area (Å²) in [5, 5.41) is 2.99. The lowest BCUT2D eigenvalue weighted by Crippen LogP contribution is -2.31. The van der Waals surface area contributed by atoms with Crippen molar-refractivity contribution in [3.8, 4) is 0 Å². The number of alkyl halides is 3. The van der Waals surface area contributed by atoms with E-state index in [1.54, 1.807) is 19.1 Å². The van der Waals surface area contributed by atoms with Crippen LogP contribution in [-0.4, -0.2) is 20.6 Å². The second kappa shape index (κ2) is 8.42. The average molecular weight is 469 g/mol. The van der Waals surface area contributed by atoms with Gasteiger partial charge in [-0.15, -0.1) is 0 Å². The lowest BCUT2D eigenvalue weighted by atomic mass is 9.89. The first-order chi connectivity index (χ1) is 14.8. The molecule has 1 aliphatic rings. The van der Waals surface area contributed by atoms with Crippen molar-refractivity contribution in [2.75, 3.05) is 11.0 Å². The van der Waals surface area contributed by atoms with Crippen LogP contribution in [0.4, 0.5) is 18.9 Å². The Morgan fingerprint density at radius 1 is 1.19 bits per heavy atom. The van der Waals surface area contributed by atoms with E-state index in [-0.39, 0.29) is 17.9 Å². The van der Waals surface area contributed by atoms with Crippen LogP contribution in [-0.2, 0) is 26.4 Å². The summed E-state index contributed by atoms with van der Waals surface area (Å²) in [6.45, 7) is 5.55. The number of carbonyl (C=O) groups is 1. The van der Waals surface area contributed by atoms with E-state index in [4.69, 9.17) is 0 Å². The van der Waals surface area contributed by atoms with E-state index in [1.165, 1.54) is 12.1 Å². The largest absolute Gasteiger partial charge is 0.416 e.